The van der Waals surface area contributed by atoms with Crippen LogP contribution in [0.4, 0.5) is 10.1 Å². The zero-order valence-electron chi connectivity index (χ0n) is 11.7. The van der Waals surface area contributed by atoms with Gasteiger partial charge in [0.1, 0.15) is 17.3 Å². The van der Waals surface area contributed by atoms with Crippen molar-refractivity contribution in [2.45, 2.75) is 19.9 Å². The summed E-state index contributed by atoms with van der Waals surface area (Å²) >= 11 is 0. The minimum Gasteiger partial charge on any atom is -0.464 e. The van der Waals surface area contributed by atoms with Crippen molar-refractivity contribution in [2.75, 3.05) is 12.4 Å². The second-order valence-corrected chi connectivity index (χ2v) is 4.56. The highest BCUT2D eigenvalue weighted by Gasteiger charge is 2.18. The van der Waals surface area contributed by atoms with Crippen LogP contribution in [-0.4, -0.2) is 13.0 Å². The molecule has 106 valence electrons. The number of aryl methyl sites for hydroxylation is 1. The molecule has 1 heterocycles. The van der Waals surface area contributed by atoms with Crippen molar-refractivity contribution in [3.63, 3.8) is 0 Å². The Labute approximate surface area is 117 Å². The predicted octanol–water partition coefficient (Wildman–Crippen LogP) is 3.26. The number of carbonyl (C=O) groups excluding carboxylic acids is 1. The molecule has 20 heavy (non-hydrogen) atoms. The van der Waals surface area contributed by atoms with Crippen molar-refractivity contribution in [2.24, 2.45) is 0 Å². The third kappa shape index (κ3) is 2.82. The summed E-state index contributed by atoms with van der Waals surface area (Å²) in [5.74, 6) is 0.637. The van der Waals surface area contributed by atoms with Crippen LogP contribution in [0.2, 0.25) is 0 Å². The van der Waals surface area contributed by atoms with Crippen LogP contribution >= 0.6 is 0 Å². The molecule has 2 rings (SSSR count). The smallest absolute Gasteiger partial charge is 0.254 e. The molecule has 0 spiro atoms. The Morgan fingerprint density at radius 2 is 2.05 bits per heavy atom. The number of para-hydroxylation sites is 1. The number of halogens is 1. The van der Waals surface area contributed by atoms with E-state index in [1.807, 2.05) is 26.0 Å². The van der Waals surface area contributed by atoms with Gasteiger partial charge in [-0.2, -0.15) is 0 Å². The molecule has 4 nitrogen and oxygen atoms in total. The maximum Gasteiger partial charge on any atom is 0.254 e. The van der Waals surface area contributed by atoms with E-state index in [4.69, 9.17) is 4.42 Å². The predicted molar refractivity (Wildman–Crippen MR) is 75.3 cm³/mol. The van der Waals surface area contributed by atoms with Crippen molar-refractivity contribution >= 4 is 11.6 Å². The fourth-order valence-corrected chi connectivity index (χ4v) is 2.00. The highest BCUT2D eigenvalue weighted by molar-refractivity contribution is 5.99. The maximum atomic E-state index is 13.6. The Bertz CT molecular complexity index is 622. The van der Waals surface area contributed by atoms with Crippen molar-refractivity contribution < 1.29 is 13.6 Å². The molecule has 1 amide bonds. The van der Waals surface area contributed by atoms with Crippen LogP contribution in [0.3, 0.4) is 0 Å². The summed E-state index contributed by atoms with van der Waals surface area (Å²) in [6, 6.07) is 7.74. The Morgan fingerprint density at radius 3 is 2.65 bits per heavy atom. The highest BCUT2D eigenvalue weighted by Crippen LogP contribution is 2.21. The van der Waals surface area contributed by atoms with Gasteiger partial charge in [0.05, 0.1) is 17.3 Å². The molecule has 0 radical (unpaired) electrons. The normalized spacial score (nSPS) is 12.0. The van der Waals surface area contributed by atoms with Crippen LogP contribution < -0.4 is 10.6 Å². The summed E-state index contributed by atoms with van der Waals surface area (Å²) < 4.78 is 19.1. The Kier molecular flexibility index (Phi) is 4.08. The highest BCUT2D eigenvalue weighted by atomic mass is 19.1. The average Bonchev–Trinajstić information content (AvgIpc) is 2.85. The minimum atomic E-state index is -0.457. The largest absolute Gasteiger partial charge is 0.464 e. The van der Waals surface area contributed by atoms with Gasteiger partial charge in [-0.15, -0.1) is 0 Å². The minimum absolute atomic E-state index is 0.188. The molecular formula is C15H17FN2O2. The summed E-state index contributed by atoms with van der Waals surface area (Å²) in [4.78, 5) is 12.2. The van der Waals surface area contributed by atoms with Crippen molar-refractivity contribution in [1.29, 1.82) is 0 Å². The first kappa shape index (κ1) is 14.1. The van der Waals surface area contributed by atoms with E-state index < -0.39 is 5.82 Å². The van der Waals surface area contributed by atoms with Crippen LogP contribution in [0.5, 0.6) is 0 Å². The van der Waals surface area contributed by atoms with Crippen LogP contribution in [0, 0.1) is 12.7 Å². The summed E-state index contributed by atoms with van der Waals surface area (Å²) in [6.07, 6.45) is 0. The molecule has 1 aromatic heterocycles. The molecule has 0 bridgehead atoms. The molecule has 2 N–H and O–H groups in total. The second-order valence-electron chi connectivity index (χ2n) is 4.56. The standard InChI is InChI=1S/C15H17FN2O2/c1-9-7-8-13(20-9)10(2)18-15(19)11-5-4-6-12(16)14(11)17-3/h4-8,10,17H,1-3H3,(H,18,19). The molecule has 2 aromatic rings. The number of hydrogen-bond donors (Lipinski definition) is 2. The fourth-order valence-electron chi connectivity index (χ4n) is 2.00. The molecule has 0 aliphatic heterocycles. The van der Waals surface area contributed by atoms with Crippen LogP contribution in [0.1, 0.15) is 34.8 Å². The lowest BCUT2D eigenvalue weighted by molar-refractivity contribution is 0.0935. The van der Waals surface area contributed by atoms with E-state index in [-0.39, 0.29) is 23.2 Å². The van der Waals surface area contributed by atoms with Gasteiger partial charge in [-0.3, -0.25) is 4.79 Å². The van der Waals surface area contributed by atoms with E-state index in [0.29, 0.717) is 5.76 Å². The van der Waals surface area contributed by atoms with Gasteiger partial charge >= 0.3 is 0 Å². The summed E-state index contributed by atoms with van der Waals surface area (Å²) in [5.41, 5.74) is 0.454. The topological polar surface area (TPSA) is 54.3 Å². The summed E-state index contributed by atoms with van der Waals surface area (Å²) in [5, 5.41) is 5.49. The zero-order valence-corrected chi connectivity index (χ0v) is 11.7. The van der Waals surface area contributed by atoms with Crippen molar-refractivity contribution in [3.05, 3.63) is 53.2 Å². The lowest BCUT2D eigenvalue weighted by Crippen LogP contribution is -2.27. The van der Waals surface area contributed by atoms with Gasteiger partial charge in [0.15, 0.2) is 0 Å². The molecular weight excluding hydrogens is 259 g/mol. The molecule has 0 fully saturated rings. The fraction of sp³-hybridized carbons (Fsp3) is 0.267. The number of hydrogen-bond acceptors (Lipinski definition) is 3. The van der Waals surface area contributed by atoms with Gasteiger partial charge in [-0.1, -0.05) is 6.07 Å². The maximum absolute atomic E-state index is 13.6. The van der Waals surface area contributed by atoms with Crippen LogP contribution in [0.15, 0.2) is 34.7 Å². The van der Waals surface area contributed by atoms with E-state index in [1.165, 1.54) is 12.1 Å². The SMILES string of the molecule is CNc1c(F)cccc1C(=O)NC(C)c1ccc(C)o1. The molecule has 0 saturated heterocycles. The summed E-state index contributed by atoms with van der Waals surface area (Å²) in [7, 11) is 1.58. The lowest BCUT2D eigenvalue weighted by atomic mass is 10.1. The molecule has 1 aromatic carbocycles. The van der Waals surface area contributed by atoms with Gasteiger partial charge in [-0.25, -0.2) is 4.39 Å². The molecule has 0 aliphatic rings. The molecule has 0 aliphatic carbocycles. The number of nitrogens with one attached hydrogen (secondary N) is 2. The van der Waals surface area contributed by atoms with Gasteiger partial charge in [0.25, 0.3) is 5.91 Å². The number of carbonyl (C=O) groups is 1. The van der Waals surface area contributed by atoms with Gasteiger partial charge in [-0.05, 0) is 38.1 Å². The van der Waals surface area contributed by atoms with Gasteiger partial charge in [0.2, 0.25) is 0 Å². The van der Waals surface area contributed by atoms with Crippen molar-refractivity contribution in [3.8, 4) is 0 Å². The zero-order chi connectivity index (χ0) is 14.7. The number of benzene rings is 1. The van der Waals surface area contributed by atoms with E-state index in [2.05, 4.69) is 10.6 Å². The average molecular weight is 276 g/mol. The van der Waals surface area contributed by atoms with Gasteiger partial charge < -0.3 is 15.1 Å². The quantitative estimate of drug-likeness (QED) is 0.901. The number of furan rings is 1. The molecule has 1 unspecified atom stereocenters. The lowest BCUT2D eigenvalue weighted by Gasteiger charge is -2.14. The Balaban J connectivity index is 2.18. The molecule has 1 atom stereocenters. The van der Waals surface area contributed by atoms with E-state index in [0.717, 1.165) is 5.76 Å². The third-order valence-electron chi connectivity index (χ3n) is 3.04. The number of anilines is 1. The van der Waals surface area contributed by atoms with Gasteiger partial charge in [0, 0.05) is 7.05 Å². The Hall–Kier alpha value is -2.30. The molecule has 5 heteroatoms. The molecule has 0 saturated carbocycles. The van der Waals surface area contributed by atoms with Crippen LogP contribution in [0.25, 0.3) is 0 Å². The number of rotatable bonds is 4. The van der Waals surface area contributed by atoms with Crippen molar-refractivity contribution in [1.82, 2.24) is 5.32 Å². The third-order valence-corrected chi connectivity index (χ3v) is 3.04. The van der Waals surface area contributed by atoms with Crippen LogP contribution in [-0.2, 0) is 0 Å². The first-order valence-corrected chi connectivity index (χ1v) is 6.36. The summed E-state index contributed by atoms with van der Waals surface area (Å²) in [6.45, 7) is 3.65. The van der Waals surface area contributed by atoms with E-state index in [1.54, 1.807) is 13.1 Å². The number of amides is 1. The first-order valence-electron chi connectivity index (χ1n) is 6.36. The van der Waals surface area contributed by atoms with E-state index >= 15 is 0 Å². The second kappa shape index (κ2) is 5.77. The Morgan fingerprint density at radius 1 is 1.30 bits per heavy atom. The van der Waals surface area contributed by atoms with E-state index in [9.17, 15) is 9.18 Å². The monoisotopic (exact) mass is 276 g/mol. The first-order chi connectivity index (χ1) is 9.52.